The highest BCUT2D eigenvalue weighted by Crippen LogP contribution is 2.20. The van der Waals surface area contributed by atoms with Crippen LogP contribution in [0.5, 0.6) is 0 Å². The zero-order valence-corrected chi connectivity index (χ0v) is 11.2. The summed E-state index contributed by atoms with van der Waals surface area (Å²) in [6, 6.07) is 15.1. The molecule has 1 nitrogen and oxygen atoms in total. The largest absolute Gasteiger partial charge is 0.247 e. The van der Waals surface area contributed by atoms with E-state index in [0.29, 0.717) is 0 Å². The number of nitrogens with zero attached hydrogens (tertiary/aromatic N) is 1. The summed E-state index contributed by atoms with van der Waals surface area (Å²) in [7, 11) is 0. The third kappa shape index (κ3) is 2.29. The molecule has 3 rings (SSSR count). The molecule has 0 radical (unpaired) electrons. The van der Waals surface area contributed by atoms with Crippen molar-refractivity contribution in [3.63, 3.8) is 0 Å². The Morgan fingerprint density at radius 1 is 1.00 bits per heavy atom. The second kappa shape index (κ2) is 4.91. The summed E-state index contributed by atoms with van der Waals surface area (Å²) in [4.78, 5) is 4.52. The number of aryl methyl sites for hydroxylation is 3. The van der Waals surface area contributed by atoms with E-state index in [1.807, 2.05) is 0 Å². The average molecular weight is 253 g/mol. The van der Waals surface area contributed by atoms with Crippen LogP contribution in [0.1, 0.15) is 16.3 Å². The molecule has 0 amide bonds. The van der Waals surface area contributed by atoms with Gasteiger partial charge in [0, 0.05) is 5.38 Å². The van der Waals surface area contributed by atoms with Gasteiger partial charge >= 0.3 is 0 Å². The van der Waals surface area contributed by atoms with Crippen LogP contribution in [0.25, 0.3) is 10.8 Å². The summed E-state index contributed by atoms with van der Waals surface area (Å²) in [6.07, 6.45) is 2.09. The Bertz CT molecular complexity index is 664. The number of thiazole rings is 1. The summed E-state index contributed by atoms with van der Waals surface area (Å²) >= 11 is 1.73. The number of aromatic nitrogens is 1. The molecule has 0 atom stereocenters. The molecule has 0 aliphatic carbocycles. The molecule has 0 aliphatic heterocycles. The van der Waals surface area contributed by atoms with Crippen molar-refractivity contribution in [2.24, 2.45) is 0 Å². The zero-order valence-electron chi connectivity index (χ0n) is 10.4. The number of hydrogen-bond donors (Lipinski definition) is 0. The Hall–Kier alpha value is -1.67. The van der Waals surface area contributed by atoms with E-state index < -0.39 is 0 Å². The number of hydrogen-bond acceptors (Lipinski definition) is 2. The van der Waals surface area contributed by atoms with Gasteiger partial charge in [-0.25, -0.2) is 4.98 Å². The van der Waals surface area contributed by atoms with E-state index in [4.69, 9.17) is 0 Å². The molecule has 0 fully saturated rings. The summed E-state index contributed by atoms with van der Waals surface area (Å²) in [6.45, 7) is 2.06. The Labute approximate surface area is 111 Å². The maximum Gasteiger partial charge on any atom is 0.0897 e. The van der Waals surface area contributed by atoms with Crippen LogP contribution in [0.3, 0.4) is 0 Å². The number of benzene rings is 2. The van der Waals surface area contributed by atoms with Crippen LogP contribution >= 0.6 is 11.3 Å². The Morgan fingerprint density at radius 3 is 2.67 bits per heavy atom. The molecule has 0 unspecified atom stereocenters. The van der Waals surface area contributed by atoms with Gasteiger partial charge in [0.2, 0.25) is 0 Å². The van der Waals surface area contributed by atoms with E-state index in [2.05, 4.69) is 59.8 Å². The van der Waals surface area contributed by atoms with Crippen LogP contribution in [0.2, 0.25) is 0 Å². The maximum absolute atomic E-state index is 4.52. The molecule has 0 saturated heterocycles. The molecule has 3 aromatic rings. The van der Waals surface area contributed by atoms with Crippen LogP contribution in [0, 0.1) is 6.92 Å². The molecule has 1 heterocycles. The van der Waals surface area contributed by atoms with Crippen molar-refractivity contribution in [3.05, 3.63) is 64.1 Å². The van der Waals surface area contributed by atoms with Crippen molar-refractivity contribution in [3.8, 4) is 0 Å². The molecule has 1 aromatic heterocycles. The van der Waals surface area contributed by atoms with Crippen LogP contribution in [0.15, 0.2) is 47.8 Å². The monoisotopic (exact) mass is 253 g/mol. The van der Waals surface area contributed by atoms with E-state index in [1.54, 1.807) is 11.3 Å². The van der Waals surface area contributed by atoms with Gasteiger partial charge in [-0.05, 0) is 36.1 Å². The molecule has 0 aliphatic rings. The van der Waals surface area contributed by atoms with Crippen LogP contribution in [0.4, 0.5) is 0 Å². The van der Waals surface area contributed by atoms with E-state index in [1.165, 1.54) is 22.0 Å². The van der Waals surface area contributed by atoms with Crippen LogP contribution in [-0.4, -0.2) is 4.98 Å². The standard InChI is InChI=1S/C16H15NS/c1-12-17-15(11-18-12)10-9-14-7-4-6-13-5-2-3-8-16(13)14/h2-8,11H,9-10H2,1H3. The van der Waals surface area contributed by atoms with Crippen molar-refractivity contribution in [1.82, 2.24) is 4.98 Å². The summed E-state index contributed by atoms with van der Waals surface area (Å²) in [5.74, 6) is 0. The molecule has 90 valence electrons. The lowest BCUT2D eigenvalue weighted by molar-refractivity contribution is 0.926. The molecule has 0 N–H and O–H groups in total. The summed E-state index contributed by atoms with van der Waals surface area (Å²) < 4.78 is 0. The van der Waals surface area contributed by atoms with Crippen molar-refractivity contribution in [1.29, 1.82) is 0 Å². The molecule has 0 saturated carbocycles. The van der Waals surface area contributed by atoms with Gasteiger partial charge in [-0.2, -0.15) is 0 Å². The van der Waals surface area contributed by atoms with E-state index in [9.17, 15) is 0 Å². The molecule has 0 spiro atoms. The molecule has 18 heavy (non-hydrogen) atoms. The van der Waals surface area contributed by atoms with Crippen molar-refractivity contribution < 1.29 is 0 Å². The van der Waals surface area contributed by atoms with E-state index in [0.717, 1.165) is 17.8 Å². The van der Waals surface area contributed by atoms with Gasteiger partial charge in [0.25, 0.3) is 0 Å². The summed E-state index contributed by atoms with van der Waals surface area (Å²) in [5, 5.41) is 6.01. The van der Waals surface area contributed by atoms with E-state index in [-0.39, 0.29) is 0 Å². The Kier molecular flexibility index (Phi) is 3.11. The first-order valence-electron chi connectivity index (χ1n) is 6.20. The molecule has 2 heteroatoms. The first kappa shape index (κ1) is 11.4. The topological polar surface area (TPSA) is 12.9 Å². The molecular formula is C16H15NS. The van der Waals surface area contributed by atoms with Gasteiger partial charge in [-0.1, -0.05) is 42.5 Å². The SMILES string of the molecule is Cc1nc(CCc2cccc3ccccc23)cs1. The van der Waals surface area contributed by atoms with E-state index >= 15 is 0 Å². The molecule has 2 aromatic carbocycles. The first-order valence-corrected chi connectivity index (χ1v) is 7.08. The lowest BCUT2D eigenvalue weighted by Crippen LogP contribution is -1.93. The van der Waals surface area contributed by atoms with Gasteiger partial charge in [-0.15, -0.1) is 11.3 Å². The van der Waals surface area contributed by atoms with Gasteiger partial charge in [0.1, 0.15) is 0 Å². The van der Waals surface area contributed by atoms with Crippen molar-refractivity contribution >= 4 is 22.1 Å². The minimum atomic E-state index is 1.03. The van der Waals surface area contributed by atoms with Crippen molar-refractivity contribution in [2.45, 2.75) is 19.8 Å². The fourth-order valence-electron chi connectivity index (χ4n) is 2.30. The predicted molar refractivity (Wildman–Crippen MR) is 78.2 cm³/mol. The Morgan fingerprint density at radius 2 is 1.83 bits per heavy atom. The fraction of sp³-hybridized carbons (Fsp3) is 0.188. The zero-order chi connectivity index (χ0) is 12.4. The first-order chi connectivity index (χ1) is 8.83. The third-order valence-corrected chi connectivity index (χ3v) is 4.02. The third-order valence-electron chi connectivity index (χ3n) is 3.20. The fourth-order valence-corrected chi connectivity index (χ4v) is 2.94. The van der Waals surface area contributed by atoms with Crippen LogP contribution < -0.4 is 0 Å². The number of fused-ring (bicyclic) bond motifs is 1. The van der Waals surface area contributed by atoms with Gasteiger partial charge in [-0.3, -0.25) is 0 Å². The maximum atomic E-state index is 4.52. The Balaban J connectivity index is 1.86. The van der Waals surface area contributed by atoms with Crippen molar-refractivity contribution in [2.75, 3.05) is 0 Å². The normalized spacial score (nSPS) is 10.9. The summed E-state index contributed by atoms with van der Waals surface area (Å²) in [5.41, 5.74) is 2.63. The molecule has 0 bridgehead atoms. The minimum Gasteiger partial charge on any atom is -0.247 e. The second-order valence-corrected chi connectivity index (χ2v) is 5.56. The molecular weight excluding hydrogens is 238 g/mol. The average Bonchev–Trinajstić information content (AvgIpc) is 2.82. The highest BCUT2D eigenvalue weighted by atomic mass is 32.1. The highest BCUT2D eigenvalue weighted by molar-refractivity contribution is 7.09. The lowest BCUT2D eigenvalue weighted by atomic mass is 10.0. The quantitative estimate of drug-likeness (QED) is 0.674. The smallest absolute Gasteiger partial charge is 0.0897 e. The van der Waals surface area contributed by atoms with Gasteiger partial charge in [0.15, 0.2) is 0 Å². The van der Waals surface area contributed by atoms with Gasteiger partial charge < -0.3 is 0 Å². The second-order valence-electron chi connectivity index (χ2n) is 4.50. The highest BCUT2D eigenvalue weighted by Gasteiger charge is 2.03. The minimum absolute atomic E-state index is 1.03. The van der Waals surface area contributed by atoms with Crippen LogP contribution in [-0.2, 0) is 12.8 Å². The van der Waals surface area contributed by atoms with Gasteiger partial charge in [0.05, 0.1) is 10.7 Å². The predicted octanol–water partition coefficient (Wildman–Crippen LogP) is 4.39. The number of rotatable bonds is 3. The lowest BCUT2D eigenvalue weighted by Gasteiger charge is -2.05.